The number of hydrogen-bond acceptors (Lipinski definition) is 4. The van der Waals surface area contributed by atoms with E-state index in [0.29, 0.717) is 25.6 Å². The van der Waals surface area contributed by atoms with Gasteiger partial charge in [-0.1, -0.05) is 0 Å². The second-order valence-corrected chi connectivity index (χ2v) is 4.76. The molecule has 15 heavy (non-hydrogen) atoms. The van der Waals surface area contributed by atoms with E-state index < -0.39 is 0 Å². The minimum atomic E-state index is 0.102. The summed E-state index contributed by atoms with van der Waals surface area (Å²) in [5.74, 6) is 2.54. The molecule has 1 aliphatic heterocycles. The smallest absolute Gasteiger partial charge is 0.221 e. The Morgan fingerprint density at radius 2 is 2.40 bits per heavy atom. The molecule has 2 N–H and O–H groups in total. The highest BCUT2D eigenvalue weighted by molar-refractivity contribution is 7.99. The first-order valence-corrected chi connectivity index (χ1v) is 6.55. The van der Waals surface area contributed by atoms with E-state index in [-0.39, 0.29) is 5.91 Å². The molecule has 88 valence electrons. The molecule has 5 heteroatoms. The average molecular weight is 232 g/mol. The SMILES string of the molecule is COCCNC(=O)CCNC1CCSC1. The molecule has 1 heterocycles. The Balaban J connectivity index is 1.91. The summed E-state index contributed by atoms with van der Waals surface area (Å²) >= 11 is 1.98. The van der Waals surface area contributed by atoms with E-state index in [1.165, 1.54) is 17.9 Å². The molecular formula is C10H20N2O2S. The standard InChI is InChI=1S/C10H20N2O2S/c1-14-6-5-12-10(13)2-4-11-9-3-7-15-8-9/h9,11H,2-8H2,1H3,(H,12,13). The maximum absolute atomic E-state index is 11.3. The topological polar surface area (TPSA) is 50.4 Å². The summed E-state index contributed by atoms with van der Waals surface area (Å²) < 4.78 is 4.84. The van der Waals surface area contributed by atoms with Gasteiger partial charge in [-0.05, 0) is 12.2 Å². The third kappa shape index (κ3) is 6.02. The van der Waals surface area contributed by atoms with E-state index >= 15 is 0 Å². The normalized spacial score (nSPS) is 20.5. The first-order chi connectivity index (χ1) is 7.33. The van der Waals surface area contributed by atoms with Crippen molar-refractivity contribution in [3.05, 3.63) is 0 Å². The fraction of sp³-hybridized carbons (Fsp3) is 0.900. The molecule has 0 aromatic heterocycles. The molecule has 1 aliphatic rings. The first kappa shape index (κ1) is 12.8. The fourth-order valence-electron chi connectivity index (χ4n) is 1.47. The van der Waals surface area contributed by atoms with Gasteiger partial charge in [0.15, 0.2) is 0 Å². The van der Waals surface area contributed by atoms with E-state index in [1.54, 1.807) is 7.11 Å². The zero-order chi connectivity index (χ0) is 10.9. The number of methoxy groups -OCH3 is 1. The summed E-state index contributed by atoms with van der Waals surface area (Å²) in [4.78, 5) is 11.3. The van der Waals surface area contributed by atoms with E-state index in [4.69, 9.17) is 4.74 Å². The Morgan fingerprint density at radius 1 is 1.53 bits per heavy atom. The van der Waals surface area contributed by atoms with Crippen molar-refractivity contribution >= 4 is 17.7 Å². The van der Waals surface area contributed by atoms with Crippen LogP contribution in [0.25, 0.3) is 0 Å². The third-order valence-corrected chi connectivity index (χ3v) is 3.51. The van der Waals surface area contributed by atoms with E-state index in [2.05, 4.69) is 10.6 Å². The van der Waals surface area contributed by atoms with Gasteiger partial charge in [0.2, 0.25) is 5.91 Å². The van der Waals surface area contributed by atoms with Gasteiger partial charge in [-0.2, -0.15) is 11.8 Å². The zero-order valence-corrected chi connectivity index (χ0v) is 10.1. The Morgan fingerprint density at radius 3 is 3.07 bits per heavy atom. The molecule has 0 aromatic rings. The summed E-state index contributed by atoms with van der Waals surface area (Å²) in [6, 6.07) is 0.613. The van der Waals surface area contributed by atoms with Crippen LogP contribution in [0.15, 0.2) is 0 Å². The zero-order valence-electron chi connectivity index (χ0n) is 9.25. The molecule has 0 aromatic carbocycles. The average Bonchev–Trinajstić information content (AvgIpc) is 2.71. The Labute approximate surface area is 95.5 Å². The van der Waals surface area contributed by atoms with Gasteiger partial charge >= 0.3 is 0 Å². The molecule has 0 aliphatic carbocycles. The van der Waals surface area contributed by atoms with Crippen molar-refractivity contribution in [2.75, 3.05) is 38.3 Å². The van der Waals surface area contributed by atoms with Crippen molar-refractivity contribution in [3.63, 3.8) is 0 Å². The molecule has 1 amide bonds. The molecule has 1 fully saturated rings. The van der Waals surface area contributed by atoms with Crippen LogP contribution in [-0.2, 0) is 9.53 Å². The molecular weight excluding hydrogens is 212 g/mol. The number of carbonyl (C=O) groups excluding carboxylic acids is 1. The second kappa shape index (κ2) is 7.96. The number of carbonyl (C=O) groups is 1. The highest BCUT2D eigenvalue weighted by atomic mass is 32.2. The lowest BCUT2D eigenvalue weighted by Gasteiger charge is -2.10. The van der Waals surface area contributed by atoms with Crippen LogP contribution in [0.2, 0.25) is 0 Å². The Bertz CT molecular complexity index is 184. The number of rotatable bonds is 7. The van der Waals surface area contributed by atoms with Crippen molar-refractivity contribution < 1.29 is 9.53 Å². The monoisotopic (exact) mass is 232 g/mol. The van der Waals surface area contributed by atoms with Crippen LogP contribution >= 0.6 is 11.8 Å². The molecule has 0 radical (unpaired) electrons. The van der Waals surface area contributed by atoms with Gasteiger partial charge in [-0.3, -0.25) is 4.79 Å². The van der Waals surface area contributed by atoms with Crippen molar-refractivity contribution in [3.8, 4) is 0 Å². The van der Waals surface area contributed by atoms with E-state index in [9.17, 15) is 4.79 Å². The third-order valence-electron chi connectivity index (χ3n) is 2.34. The molecule has 1 atom stereocenters. The molecule has 0 spiro atoms. The summed E-state index contributed by atoms with van der Waals surface area (Å²) in [5, 5.41) is 6.19. The van der Waals surface area contributed by atoms with Gasteiger partial charge in [0.25, 0.3) is 0 Å². The van der Waals surface area contributed by atoms with Crippen LogP contribution in [-0.4, -0.2) is 50.3 Å². The Hall–Kier alpha value is -0.260. The van der Waals surface area contributed by atoms with Crippen molar-refractivity contribution in [1.82, 2.24) is 10.6 Å². The van der Waals surface area contributed by atoms with Gasteiger partial charge < -0.3 is 15.4 Å². The molecule has 0 saturated carbocycles. The largest absolute Gasteiger partial charge is 0.383 e. The summed E-state index contributed by atoms with van der Waals surface area (Å²) in [6.07, 6.45) is 1.79. The number of nitrogens with one attached hydrogen (secondary N) is 2. The van der Waals surface area contributed by atoms with E-state index in [1.807, 2.05) is 11.8 Å². The van der Waals surface area contributed by atoms with Crippen LogP contribution in [0.3, 0.4) is 0 Å². The lowest BCUT2D eigenvalue weighted by Crippen LogP contribution is -2.34. The Kier molecular flexibility index (Phi) is 6.80. The number of hydrogen-bond donors (Lipinski definition) is 2. The second-order valence-electron chi connectivity index (χ2n) is 3.61. The van der Waals surface area contributed by atoms with Gasteiger partial charge in [0, 0.05) is 38.4 Å². The number of thioether (sulfide) groups is 1. The fourth-order valence-corrected chi connectivity index (χ4v) is 2.65. The highest BCUT2D eigenvalue weighted by Gasteiger charge is 2.14. The predicted octanol–water partition coefficient (Wildman–Crippen LogP) is 0.234. The van der Waals surface area contributed by atoms with Gasteiger partial charge in [0.1, 0.15) is 0 Å². The number of ether oxygens (including phenoxy) is 1. The van der Waals surface area contributed by atoms with Crippen LogP contribution in [0, 0.1) is 0 Å². The van der Waals surface area contributed by atoms with Crippen LogP contribution in [0.4, 0.5) is 0 Å². The van der Waals surface area contributed by atoms with Crippen LogP contribution < -0.4 is 10.6 Å². The first-order valence-electron chi connectivity index (χ1n) is 5.39. The highest BCUT2D eigenvalue weighted by Crippen LogP contribution is 2.16. The maximum atomic E-state index is 11.3. The molecule has 1 unspecified atom stereocenters. The van der Waals surface area contributed by atoms with Crippen molar-refractivity contribution in [2.24, 2.45) is 0 Å². The predicted molar refractivity (Wildman–Crippen MR) is 63.2 cm³/mol. The summed E-state index contributed by atoms with van der Waals surface area (Å²) in [5.41, 5.74) is 0. The minimum Gasteiger partial charge on any atom is -0.383 e. The lowest BCUT2D eigenvalue weighted by atomic mass is 10.2. The van der Waals surface area contributed by atoms with E-state index in [0.717, 1.165) is 6.54 Å². The summed E-state index contributed by atoms with van der Waals surface area (Å²) in [7, 11) is 1.63. The molecule has 0 bridgehead atoms. The van der Waals surface area contributed by atoms with Crippen molar-refractivity contribution in [1.29, 1.82) is 0 Å². The summed E-state index contributed by atoms with van der Waals surface area (Å²) in [6.45, 7) is 1.97. The molecule has 1 rings (SSSR count). The van der Waals surface area contributed by atoms with Crippen LogP contribution in [0.5, 0.6) is 0 Å². The van der Waals surface area contributed by atoms with Gasteiger partial charge in [0.05, 0.1) is 6.61 Å². The quantitative estimate of drug-likeness (QED) is 0.617. The molecule has 4 nitrogen and oxygen atoms in total. The van der Waals surface area contributed by atoms with Gasteiger partial charge in [-0.15, -0.1) is 0 Å². The molecule has 1 saturated heterocycles. The van der Waals surface area contributed by atoms with Gasteiger partial charge in [-0.25, -0.2) is 0 Å². The van der Waals surface area contributed by atoms with Crippen molar-refractivity contribution in [2.45, 2.75) is 18.9 Å². The minimum absolute atomic E-state index is 0.102. The number of amides is 1. The van der Waals surface area contributed by atoms with Crippen LogP contribution in [0.1, 0.15) is 12.8 Å². The lowest BCUT2D eigenvalue weighted by molar-refractivity contribution is -0.121. The maximum Gasteiger partial charge on any atom is 0.221 e.